The van der Waals surface area contributed by atoms with E-state index in [0.717, 1.165) is 23.2 Å². The molecule has 0 aliphatic heterocycles. The van der Waals surface area contributed by atoms with Gasteiger partial charge in [-0.1, -0.05) is 13.3 Å². The third-order valence-corrected chi connectivity index (χ3v) is 4.54. The van der Waals surface area contributed by atoms with E-state index in [4.69, 9.17) is 9.47 Å². The van der Waals surface area contributed by atoms with Crippen molar-refractivity contribution >= 4 is 10.8 Å². The SMILES string of the molecule is CCC[C@H](O)COc1ccc2c(=O)n(-c3ccc(OCN(C)C)cc3)ccc2c1. The molecule has 6 nitrogen and oxygen atoms in total. The number of fused-ring (bicyclic) bond motifs is 1. The number of benzene rings is 2. The molecule has 0 aliphatic carbocycles. The molecular weight excluding hydrogens is 368 g/mol. The molecule has 154 valence electrons. The minimum Gasteiger partial charge on any atom is -0.491 e. The number of hydrogen-bond donors (Lipinski definition) is 1. The molecule has 6 heteroatoms. The first-order valence-corrected chi connectivity index (χ1v) is 9.82. The number of pyridine rings is 1. The minimum absolute atomic E-state index is 0.0953. The Labute approximate surface area is 170 Å². The monoisotopic (exact) mass is 396 g/mol. The Balaban J connectivity index is 1.79. The molecule has 0 aliphatic rings. The maximum absolute atomic E-state index is 12.9. The highest BCUT2D eigenvalue weighted by molar-refractivity contribution is 5.83. The lowest BCUT2D eigenvalue weighted by Crippen LogP contribution is -2.19. The predicted molar refractivity (Wildman–Crippen MR) is 115 cm³/mol. The maximum Gasteiger partial charge on any atom is 0.262 e. The number of aromatic nitrogens is 1. The fourth-order valence-electron chi connectivity index (χ4n) is 3.03. The summed E-state index contributed by atoms with van der Waals surface area (Å²) in [5.74, 6) is 1.40. The van der Waals surface area contributed by atoms with Gasteiger partial charge in [0.25, 0.3) is 5.56 Å². The molecule has 1 aromatic heterocycles. The van der Waals surface area contributed by atoms with Crippen molar-refractivity contribution in [3.05, 3.63) is 65.1 Å². The van der Waals surface area contributed by atoms with E-state index < -0.39 is 6.10 Å². The van der Waals surface area contributed by atoms with Crippen LogP contribution in [0.2, 0.25) is 0 Å². The second kappa shape index (κ2) is 9.58. The van der Waals surface area contributed by atoms with Crippen LogP contribution in [0.15, 0.2) is 59.5 Å². The Morgan fingerprint density at radius 3 is 2.45 bits per heavy atom. The summed E-state index contributed by atoms with van der Waals surface area (Å²) in [6.45, 7) is 2.77. The van der Waals surface area contributed by atoms with E-state index in [-0.39, 0.29) is 12.2 Å². The van der Waals surface area contributed by atoms with Gasteiger partial charge in [0.15, 0.2) is 0 Å². The highest BCUT2D eigenvalue weighted by Crippen LogP contribution is 2.20. The van der Waals surface area contributed by atoms with Crippen molar-refractivity contribution in [1.82, 2.24) is 9.47 Å². The Kier molecular flexibility index (Phi) is 6.90. The van der Waals surface area contributed by atoms with Crippen LogP contribution in [0.3, 0.4) is 0 Å². The van der Waals surface area contributed by atoms with Crippen LogP contribution in [-0.4, -0.2) is 48.1 Å². The number of nitrogens with zero attached hydrogens (tertiary/aromatic N) is 2. The molecule has 3 rings (SSSR count). The fourth-order valence-corrected chi connectivity index (χ4v) is 3.03. The minimum atomic E-state index is -0.478. The zero-order valence-electron chi connectivity index (χ0n) is 17.2. The number of hydrogen-bond acceptors (Lipinski definition) is 5. The molecule has 3 aromatic rings. The molecule has 0 saturated carbocycles. The van der Waals surface area contributed by atoms with Gasteiger partial charge in [0.05, 0.1) is 6.10 Å². The van der Waals surface area contributed by atoms with Crippen molar-refractivity contribution in [2.24, 2.45) is 0 Å². The summed E-state index contributed by atoms with van der Waals surface area (Å²) in [5, 5.41) is 11.2. The molecule has 2 aromatic carbocycles. The van der Waals surface area contributed by atoms with Crippen molar-refractivity contribution in [3.8, 4) is 17.2 Å². The molecule has 0 unspecified atom stereocenters. The molecule has 0 radical (unpaired) electrons. The molecule has 1 atom stereocenters. The van der Waals surface area contributed by atoms with E-state index in [9.17, 15) is 9.90 Å². The molecule has 0 saturated heterocycles. The van der Waals surface area contributed by atoms with Crippen LogP contribution in [0, 0.1) is 0 Å². The summed E-state index contributed by atoms with van der Waals surface area (Å²) in [6.07, 6.45) is 2.89. The van der Waals surface area contributed by atoms with Gasteiger partial charge in [-0.3, -0.25) is 14.3 Å². The van der Waals surface area contributed by atoms with Gasteiger partial charge in [0.2, 0.25) is 0 Å². The van der Waals surface area contributed by atoms with Gasteiger partial charge >= 0.3 is 0 Å². The van der Waals surface area contributed by atoms with E-state index in [2.05, 4.69) is 0 Å². The first-order chi connectivity index (χ1) is 14.0. The highest BCUT2D eigenvalue weighted by atomic mass is 16.5. The van der Waals surface area contributed by atoms with E-state index in [1.165, 1.54) is 0 Å². The van der Waals surface area contributed by atoms with Crippen LogP contribution >= 0.6 is 0 Å². The van der Waals surface area contributed by atoms with Crippen LogP contribution in [0.4, 0.5) is 0 Å². The molecule has 0 spiro atoms. The average Bonchev–Trinajstić information content (AvgIpc) is 2.72. The maximum atomic E-state index is 12.9. The van der Waals surface area contributed by atoms with Crippen LogP contribution in [-0.2, 0) is 0 Å². The Morgan fingerprint density at radius 2 is 1.76 bits per heavy atom. The second-order valence-corrected chi connectivity index (χ2v) is 7.34. The molecule has 0 fully saturated rings. The zero-order valence-corrected chi connectivity index (χ0v) is 17.2. The Bertz CT molecular complexity index is 996. The first kappa shape index (κ1) is 20.9. The molecule has 29 heavy (non-hydrogen) atoms. The average molecular weight is 396 g/mol. The van der Waals surface area contributed by atoms with Crippen molar-refractivity contribution < 1.29 is 14.6 Å². The van der Waals surface area contributed by atoms with Gasteiger partial charge in [-0.2, -0.15) is 0 Å². The van der Waals surface area contributed by atoms with Crippen molar-refractivity contribution in [1.29, 1.82) is 0 Å². The lowest BCUT2D eigenvalue weighted by Gasteiger charge is -2.13. The van der Waals surface area contributed by atoms with E-state index >= 15 is 0 Å². The predicted octanol–water partition coefficient (Wildman–Crippen LogP) is 3.43. The summed E-state index contributed by atoms with van der Waals surface area (Å²) in [5.41, 5.74) is 0.680. The normalized spacial score (nSPS) is 12.3. The number of rotatable bonds is 9. The quantitative estimate of drug-likeness (QED) is 0.562. The third kappa shape index (κ3) is 5.37. The van der Waals surface area contributed by atoms with Gasteiger partial charge in [-0.05, 0) is 74.4 Å². The van der Waals surface area contributed by atoms with Crippen LogP contribution in [0.1, 0.15) is 19.8 Å². The summed E-state index contributed by atoms with van der Waals surface area (Å²) >= 11 is 0. The summed E-state index contributed by atoms with van der Waals surface area (Å²) in [7, 11) is 3.87. The number of ether oxygens (including phenoxy) is 2. The third-order valence-electron chi connectivity index (χ3n) is 4.54. The van der Waals surface area contributed by atoms with Crippen molar-refractivity contribution in [2.45, 2.75) is 25.9 Å². The molecule has 0 amide bonds. The van der Waals surface area contributed by atoms with Crippen molar-refractivity contribution in [2.75, 3.05) is 27.4 Å². The Morgan fingerprint density at radius 1 is 1.03 bits per heavy atom. The summed E-state index contributed by atoms with van der Waals surface area (Å²) < 4.78 is 12.9. The van der Waals surface area contributed by atoms with Gasteiger partial charge in [-0.25, -0.2) is 0 Å². The van der Waals surface area contributed by atoms with E-state index in [1.54, 1.807) is 22.9 Å². The van der Waals surface area contributed by atoms with E-state index in [1.807, 2.05) is 62.3 Å². The highest BCUT2D eigenvalue weighted by Gasteiger charge is 2.08. The van der Waals surface area contributed by atoms with Crippen LogP contribution in [0.5, 0.6) is 11.5 Å². The molecule has 0 bridgehead atoms. The molecular formula is C23H28N2O4. The van der Waals surface area contributed by atoms with Crippen molar-refractivity contribution in [3.63, 3.8) is 0 Å². The van der Waals surface area contributed by atoms with Gasteiger partial charge in [-0.15, -0.1) is 0 Å². The zero-order chi connectivity index (χ0) is 20.8. The summed E-state index contributed by atoms with van der Waals surface area (Å²) in [4.78, 5) is 14.9. The molecule has 1 N–H and O–H groups in total. The lowest BCUT2D eigenvalue weighted by atomic mass is 10.1. The Hall–Kier alpha value is -2.83. The van der Waals surface area contributed by atoms with Crippen LogP contribution < -0.4 is 15.0 Å². The largest absolute Gasteiger partial charge is 0.491 e. The first-order valence-electron chi connectivity index (χ1n) is 9.82. The number of aliphatic hydroxyl groups is 1. The van der Waals surface area contributed by atoms with Gasteiger partial charge in [0, 0.05) is 17.3 Å². The standard InChI is InChI=1S/C23H28N2O4/c1-4-5-19(26)15-28-21-10-11-22-17(14-21)12-13-25(23(22)27)18-6-8-20(9-7-18)29-16-24(2)3/h6-14,19,26H,4-5,15-16H2,1-3H3/t19-/m0/s1. The van der Waals surface area contributed by atoms with Gasteiger partial charge < -0.3 is 14.6 Å². The lowest BCUT2D eigenvalue weighted by molar-refractivity contribution is 0.0994. The van der Waals surface area contributed by atoms with Gasteiger partial charge in [0.1, 0.15) is 24.8 Å². The fraction of sp³-hybridized carbons (Fsp3) is 0.348. The number of aliphatic hydroxyl groups excluding tert-OH is 1. The van der Waals surface area contributed by atoms with Crippen LogP contribution in [0.25, 0.3) is 16.5 Å². The second-order valence-electron chi connectivity index (χ2n) is 7.34. The van der Waals surface area contributed by atoms with E-state index in [0.29, 0.717) is 24.3 Å². The topological polar surface area (TPSA) is 63.9 Å². The molecule has 1 heterocycles. The summed E-state index contributed by atoms with van der Waals surface area (Å²) in [6, 6.07) is 14.7. The smallest absolute Gasteiger partial charge is 0.262 e.